The van der Waals surface area contributed by atoms with Gasteiger partial charge in [0.15, 0.2) is 0 Å². The van der Waals surface area contributed by atoms with Crippen molar-refractivity contribution in [2.45, 2.75) is 23.4 Å². The van der Waals surface area contributed by atoms with E-state index in [0.717, 1.165) is 29.1 Å². The minimum Gasteiger partial charge on any atom is -0.324 e. The molecule has 0 aliphatic rings. The first kappa shape index (κ1) is 19.4. The van der Waals surface area contributed by atoms with Gasteiger partial charge < -0.3 is 5.32 Å². The van der Waals surface area contributed by atoms with Crippen molar-refractivity contribution in [2.24, 2.45) is 0 Å². The molecule has 1 amide bonds. The van der Waals surface area contributed by atoms with Crippen LogP contribution in [-0.2, 0) is 11.0 Å². The summed E-state index contributed by atoms with van der Waals surface area (Å²) in [4.78, 5) is 20.8. The molecular weight excluding hydrogens is 399 g/mol. The first-order chi connectivity index (χ1) is 12.8. The zero-order chi connectivity index (χ0) is 19.6. The monoisotopic (exact) mass is 411 g/mol. The van der Waals surface area contributed by atoms with E-state index in [-0.39, 0.29) is 10.7 Å². The van der Waals surface area contributed by atoms with E-state index in [1.807, 2.05) is 24.3 Å². The van der Waals surface area contributed by atoms with Crippen LogP contribution in [0.4, 0.5) is 18.9 Å². The quantitative estimate of drug-likeness (QED) is 0.460. The van der Waals surface area contributed by atoms with Gasteiger partial charge in [-0.2, -0.15) is 13.2 Å². The molecule has 0 saturated heterocycles. The molecule has 1 heterocycles. The smallest absolute Gasteiger partial charge is 0.324 e. The Hall–Kier alpha value is -2.32. The second-order valence-corrected chi connectivity index (χ2v) is 7.37. The number of carbonyl (C=O) groups is 1. The van der Waals surface area contributed by atoms with Gasteiger partial charge in [0.1, 0.15) is 11.4 Å². The number of amides is 1. The van der Waals surface area contributed by atoms with Crippen LogP contribution in [0.25, 0.3) is 10.9 Å². The molecule has 9 heteroatoms. The highest BCUT2D eigenvalue weighted by Gasteiger charge is 2.31. The molecule has 0 aliphatic heterocycles. The van der Waals surface area contributed by atoms with Crippen molar-refractivity contribution in [1.82, 2.24) is 9.97 Å². The highest BCUT2D eigenvalue weighted by Crippen LogP contribution is 2.34. The average Bonchev–Trinajstić information content (AvgIpc) is 2.62. The maximum atomic E-state index is 12.9. The fraction of sp³-hybridized carbons (Fsp3) is 0.167. The zero-order valence-electron chi connectivity index (χ0n) is 13.9. The van der Waals surface area contributed by atoms with E-state index in [0.29, 0.717) is 5.03 Å². The van der Waals surface area contributed by atoms with Crippen molar-refractivity contribution < 1.29 is 18.0 Å². The molecule has 3 aromatic rings. The van der Waals surface area contributed by atoms with Crippen molar-refractivity contribution in [3.05, 3.63) is 59.4 Å². The van der Waals surface area contributed by atoms with E-state index in [9.17, 15) is 18.0 Å². The van der Waals surface area contributed by atoms with Crippen molar-refractivity contribution in [1.29, 1.82) is 0 Å². The maximum absolute atomic E-state index is 12.9. The minimum absolute atomic E-state index is 0.0287. The van der Waals surface area contributed by atoms with Crippen LogP contribution in [0, 0.1) is 0 Å². The summed E-state index contributed by atoms with van der Waals surface area (Å²) in [6.45, 7) is 1.64. The first-order valence-corrected chi connectivity index (χ1v) is 9.05. The fourth-order valence-corrected chi connectivity index (χ4v) is 3.40. The van der Waals surface area contributed by atoms with Crippen LogP contribution in [0.1, 0.15) is 12.5 Å². The molecule has 0 radical (unpaired) electrons. The van der Waals surface area contributed by atoms with E-state index in [4.69, 9.17) is 11.6 Å². The van der Waals surface area contributed by atoms with Crippen LogP contribution < -0.4 is 5.32 Å². The van der Waals surface area contributed by atoms with Crippen molar-refractivity contribution in [3.63, 3.8) is 0 Å². The lowest BCUT2D eigenvalue weighted by Crippen LogP contribution is -2.23. The number of nitrogens with zero attached hydrogens (tertiary/aromatic N) is 2. The van der Waals surface area contributed by atoms with Crippen LogP contribution >= 0.6 is 23.4 Å². The Morgan fingerprint density at radius 3 is 2.67 bits per heavy atom. The Bertz CT molecular complexity index is 992. The number of hydrogen-bond donors (Lipinski definition) is 1. The summed E-state index contributed by atoms with van der Waals surface area (Å²) >= 11 is 7.11. The number of nitrogens with one attached hydrogen (secondary N) is 1. The Labute approximate surface area is 162 Å². The molecule has 4 nitrogen and oxygen atoms in total. The molecule has 2 aromatic carbocycles. The summed E-state index contributed by atoms with van der Waals surface area (Å²) in [6.07, 6.45) is -3.12. The third-order valence-electron chi connectivity index (χ3n) is 3.72. The van der Waals surface area contributed by atoms with Crippen LogP contribution in [0.2, 0.25) is 5.02 Å². The van der Waals surface area contributed by atoms with Crippen LogP contribution in [0.15, 0.2) is 53.8 Å². The predicted octanol–water partition coefficient (Wildman–Crippen LogP) is 5.42. The van der Waals surface area contributed by atoms with Crippen molar-refractivity contribution >= 4 is 45.9 Å². The van der Waals surface area contributed by atoms with Crippen molar-refractivity contribution in [2.75, 3.05) is 5.32 Å². The molecule has 27 heavy (non-hydrogen) atoms. The van der Waals surface area contributed by atoms with Crippen LogP contribution in [-0.4, -0.2) is 21.1 Å². The van der Waals surface area contributed by atoms with Gasteiger partial charge >= 0.3 is 6.18 Å². The number of halogens is 4. The van der Waals surface area contributed by atoms with Gasteiger partial charge in [-0.3, -0.25) is 4.79 Å². The molecule has 0 unspecified atom stereocenters. The summed E-state index contributed by atoms with van der Waals surface area (Å²) < 4.78 is 38.6. The number of aromatic nitrogens is 2. The third-order valence-corrected chi connectivity index (χ3v) is 5.16. The molecule has 140 valence electrons. The highest BCUT2D eigenvalue weighted by molar-refractivity contribution is 8.00. The van der Waals surface area contributed by atoms with Gasteiger partial charge in [0, 0.05) is 5.39 Å². The number of benzene rings is 2. The Morgan fingerprint density at radius 2 is 1.93 bits per heavy atom. The molecule has 1 N–H and O–H groups in total. The summed E-state index contributed by atoms with van der Waals surface area (Å²) in [5, 5.41) is 3.27. The van der Waals surface area contributed by atoms with Gasteiger partial charge in [-0.1, -0.05) is 41.6 Å². The van der Waals surface area contributed by atoms with Gasteiger partial charge in [0.2, 0.25) is 5.91 Å². The molecule has 0 bridgehead atoms. The van der Waals surface area contributed by atoms with E-state index in [2.05, 4.69) is 15.3 Å². The lowest BCUT2D eigenvalue weighted by atomic mass is 10.2. The second kappa shape index (κ2) is 7.74. The van der Waals surface area contributed by atoms with E-state index >= 15 is 0 Å². The van der Waals surface area contributed by atoms with Crippen molar-refractivity contribution in [3.8, 4) is 0 Å². The topological polar surface area (TPSA) is 54.9 Å². The van der Waals surface area contributed by atoms with E-state index < -0.39 is 22.9 Å². The standard InChI is InChI=1S/C18H13ClF3N3OS/c1-10(27-17-12-4-2-3-5-14(12)23-9-24-17)16(26)25-15-8-11(18(20,21)22)6-7-13(15)19/h2-10H,1H3,(H,25,26)/t10-/m1/s1. The molecule has 0 spiro atoms. The van der Waals surface area contributed by atoms with Gasteiger partial charge in [-0.05, 0) is 31.2 Å². The summed E-state index contributed by atoms with van der Waals surface area (Å²) in [7, 11) is 0. The number of rotatable bonds is 4. The van der Waals surface area contributed by atoms with Gasteiger partial charge in [-0.25, -0.2) is 9.97 Å². The highest BCUT2D eigenvalue weighted by atomic mass is 35.5. The van der Waals surface area contributed by atoms with E-state index in [1.165, 1.54) is 18.1 Å². The number of carbonyl (C=O) groups excluding carboxylic acids is 1. The number of hydrogen-bond acceptors (Lipinski definition) is 4. The predicted molar refractivity (Wildman–Crippen MR) is 99.9 cm³/mol. The number of thioether (sulfide) groups is 1. The SMILES string of the molecule is C[C@@H](Sc1ncnc2ccccc12)C(=O)Nc1cc(C(F)(F)F)ccc1Cl. The zero-order valence-corrected chi connectivity index (χ0v) is 15.5. The Balaban J connectivity index is 1.78. The first-order valence-electron chi connectivity index (χ1n) is 7.79. The second-order valence-electron chi connectivity index (χ2n) is 5.64. The number of alkyl halides is 3. The summed E-state index contributed by atoms with van der Waals surface area (Å²) in [6, 6.07) is 10.1. The Morgan fingerprint density at radius 1 is 1.19 bits per heavy atom. The van der Waals surface area contributed by atoms with Gasteiger partial charge in [0.25, 0.3) is 0 Å². The van der Waals surface area contributed by atoms with Crippen LogP contribution in [0.3, 0.4) is 0 Å². The fourth-order valence-electron chi connectivity index (χ4n) is 2.33. The molecule has 1 atom stereocenters. The number of anilines is 1. The Kier molecular flexibility index (Phi) is 5.57. The summed E-state index contributed by atoms with van der Waals surface area (Å²) in [5.41, 5.74) is -0.232. The average molecular weight is 412 g/mol. The number of para-hydroxylation sites is 1. The third kappa shape index (κ3) is 4.51. The maximum Gasteiger partial charge on any atom is 0.416 e. The molecule has 0 fully saturated rings. The molecule has 0 aliphatic carbocycles. The lowest BCUT2D eigenvalue weighted by Gasteiger charge is -2.15. The van der Waals surface area contributed by atoms with Gasteiger partial charge in [0.05, 0.1) is 27.0 Å². The van der Waals surface area contributed by atoms with Gasteiger partial charge in [-0.15, -0.1) is 0 Å². The minimum atomic E-state index is -4.52. The van der Waals surface area contributed by atoms with Crippen LogP contribution in [0.5, 0.6) is 0 Å². The molecule has 0 saturated carbocycles. The molecular formula is C18H13ClF3N3OS. The largest absolute Gasteiger partial charge is 0.416 e. The van der Waals surface area contributed by atoms with E-state index in [1.54, 1.807) is 6.92 Å². The number of fused-ring (bicyclic) bond motifs is 1. The summed E-state index contributed by atoms with van der Waals surface area (Å²) in [5.74, 6) is -0.482. The molecule has 1 aromatic heterocycles. The normalized spacial score (nSPS) is 12.8. The lowest BCUT2D eigenvalue weighted by molar-refractivity contribution is -0.137. The molecule has 3 rings (SSSR count).